The number of thiol groups is 2. The highest BCUT2D eigenvalue weighted by molar-refractivity contribution is 7.86. The average molecular weight is 280 g/mol. The molecule has 2 nitrogen and oxygen atoms in total. The van der Waals surface area contributed by atoms with E-state index < -0.39 is 0 Å². The molecule has 0 spiro atoms. The van der Waals surface area contributed by atoms with Gasteiger partial charge in [-0.25, -0.2) is 0 Å². The Balaban J connectivity index is 2.60. The number of para-hydroxylation sites is 1. The lowest BCUT2D eigenvalue weighted by atomic mass is 9.91. The number of hydrogen-bond donors (Lipinski definition) is 3. The zero-order valence-electron chi connectivity index (χ0n) is 11.2. The van der Waals surface area contributed by atoms with Gasteiger partial charge in [0.1, 0.15) is 0 Å². The summed E-state index contributed by atoms with van der Waals surface area (Å²) in [5.74, 6) is 0. The SMILES string of the molecule is CN(C)C(C)(S)C(C)(S)c1c[nH]c2ccccc12. The van der Waals surface area contributed by atoms with Gasteiger partial charge in [-0.2, -0.15) is 25.3 Å². The first kappa shape index (κ1) is 13.8. The van der Waals surface area contributed by atoms with Crippen molar-refractivity contribution in [2.45, 2.75) is 23.5 Å². The second kappa shape index (κ2) is 4.51. The van der Waals surface area contributed by atoms with Gasteiger partial charge >= 0.3 is 0 Å². The molecular weight excluding hydrogens is 260 g/mol. The third-order valence-electron chi connectivity index (χ3n) is 3.91. The van der Waals surface area contributed by atoms with Gasteiger partial charge in [-0.3, -0.25) is 4.90 Å². The number of likely N-dealkylation sites (N-methyl/N-ethyl adjacent to an activating group) is 1. The zero-order valence-corrected chi connectivity index (χ0v) is 13.0. The van der Waals surface area contributed by atoms with Gasteiger partial charge in [-0.1, -0.05) is 18.2 Å². The van der Waals surface area contributed by atoms with Crippen molar-refractivity contribution in [1.82, 2.24) is 9.88 Å². The molecule has 2 rings (SSSR count). The Hall–Kier alpha value is -0.580. The van der Waals surface area contributed by atoms with Gasteiger partial charge in [0.25, 0.3) is 0 Å². The maximum absolute atomic E-state index is 4.90. The summed E-state index contributed by atoms with van der Waals surface area (Å²) < 4.78 is -0.376. The molecule has 18 heavy (non-hydrogen) atoms. The second-order valence-corrected chi connectivity index (χ2v) is 7.00. The van der Waals surface area contributed by atoms with Gasteiger partial charge in [-0.15, -0.1) is 0 Å². The molecule has 1 N–H and O–H groups in total. The molecule has 1 heterocycles. The number of nitrogens with zero attached hydrogens (tertiary/aromatic N) is 1. The smallest absolute Gasteiger partial charge is 0.0792 e. The molecule has 1 aromatic carbocycles. The lowest BCUT2D eigenvalue weighted by molar-refractivity contribution is 0.230. The number of benzene rings is 1. The lowest BCUT2D eigenvalue weighted by Crippen LogP contribution is -2.49. The van der Waals surface area contributed by atoms with Crippen molar-refractivity contribution >= 4 is 36.2 Å². The van der Waals surface area contributed by atoms with Crippen LogP contribution in [0, 0.1) is 0 Å². The Morgan fingerprint density at radius 1 is 1.11 bits per heavy atom. The number of aromatic nitrogens is 1. The van der Waals surface area contributed by atoms with Crippen LogP contribution < -0.4 is 0 Å². The number of H-pyrrole nitrogens is 1. The highest BCUT2D eigenvalue weighted by atomic mass is 32.1. The fourth-order valence-electron chi connectivity index (χ4n) is 2.16. The Morgan fingerprint density at radius 3 is 2.33 bits per heavy atom. The molecule has 4 heteroatoms. The molecule has 2 unspecified atom stereocenters. The molecule has 0 aliphatic rings. The molecule has 0 aliphatic carbocycles. The van der Waals surface area contributed by atoms with Gasteiger partial charge < -0.3 is 4.98 Å². The van der Waals surface area contributed by atoms with E-state index in [4.69, 9.17) is 25.3 Å². The molecule has 0 radical (unpaired) electrons. The summed E-state index contributed by atoms with van der Waals surface area (Å²) in [5.41, 5.74) is 2.31. The van der Waals surface area contributed by atoms with Crippen molar-refractivity contribution in [3.05, 3.63) is 36.0 Å². The molecule has 0 saturated heterocycles. The van der Waals surface area contributed by atoms with Crippen LogP contribution in [-0.2, 0) is 4.75 Å². The lowest BCUT2D eigenvalue weighted by Gasteiger charge is -2.44. The molecule has 2 aromatic rings. The highest BCUT2D eigenvalue weighted by Crippen LogP contribution is 2.46. The van der Waals surface area contributed by atoms with Crippen LogP contribution in [-0.4, -0.2) is 28.9 Å². The number of aromatic amines is 1. The predicted molar refractivity (Wildman–Crippen MR) is 85.7 cm³/mol. The van der Waals surface area contributed by atoms with E-state index >= 15 is 0 Å². The van der Waals surface area contributed by atoms with E-state index in [1.54, 1.807) is 0 Å². The van der Waals surface area contributed by atoms with E-state index in [-0.39, 0.29) is 9.62 Å². The minimum absolute atomic E-state index is 0.360. The number of rotatable bonds is 3. The van der Waals surface area contributed by atoms with E-state index in [2.05, 4.69) is 41.9 Å². The molecule has 98 valence electrons. The normalized spacial score (nSPS) is 18.8. The molecule has 0 saturated carbocycles. The first-order valence-electron chi connectivity index (χ1n) is 5.97. The molecule has 0 bridgehead atoms. The van der Waals surface area contributed by atoms with Gasteiger partial charge in [0.15, 0.2) is 0 Å². The van der Waals surface area contributed by atoms with Crippen molar-refractivity contribution in [2.24, 2.45) is 0 Å². The molecule has 2 atom stereocenters. The Bertz CT molecular complexity index is 556. The van der Waals surface area contributed by atoms with Crippen molar-refractivity contribution in [2.75, 3.05) is 14.1 Å². The summed E-state index contributed by atoms with van der Waals surface area (Å²) in [7, 11) is 4.05. The van der Waals surface area contributed by atoms with Crippen LogP contribution in [0.2, 0.25) is 0 Å². The maximum atomic E-state index is 4.90. The molecular formula is C14H20N2S2. The third-order valence-corrected chi connectivity index (χ3v) is 5.61. The monoisotopic (exact) mass is 280 g/mol. The van der Waals surface area contributed by atoms with Crippen LogP contribution in [0.15, 0.2) is 30.5 Å². The van der Waals surface area contributed by atoms with Crippen molar-refractivity contribution in [1.29, 1.82) is 0 Å². The minimum Gasteiger partial charge on any atom is -0.361 e. The van der Waals surface area contributed by atoms with Gasteiger partial charge in [0.05, 0.1) is 9.62 Å². The fourth-order valence-corrected chi connectivity index (χ4v) is 2.67. The van der Waals surface area contributed by atoms with E-state index in [1.165, 1.54) is 10.9 Å². The molecule has 0 fully saturated rings. The summed E-state index contributed by atoms with van der Waals surface area (Å²) in [4.78, 5) is 5.03. The van der Waals surface area contributed by atoms with Crippen LogP contribution in [0.5, 0.6) is 0 Å². The molecule has 0 amide bonds. The minimum atomic E-state index is -0.376. The van der Waals surface area contributed by atoms with Gasteiger partial charge in [0, 0.05) is 17.1 Å². The van der Waals surface area contributed by atoms with Crippen molar-refractivity contribution < 1.29 is 0 Å². The third kappa shape index (κ3) is 1.96. The number of fused-ring (bicyclic) bond motifs is 1. The molecule has 1 aromatic heterocycles. The van der Waals surface area contributed by atoms with E-state index in [1.807, 2.05) is 26.4 Å². The first-order valence-corrected chi connectivity index (χ1v) is 6.86. The summed E-state index contributed by atoms with van der Waals surface area (Å²) >= 11 is 9.71. The molecule has 0 aliphatic heterocycles. The van der Waals surface area contributed by atoms with Gasteiger partial charge in [-0.05, 0) is 39.6 Å². The predicted octanol–water partition coefficient (Wildman–Crippen LogP) is 3.52. The first-order chi connectivity index (χ1) is 8.28. The summed E-state index contributed by atoms with van der Waals surface area (Å²) in [6.45, 7) is 4.20. The van der Waals surface area contributed by atoms with Gasteiger partial charge in [0.2, 0.25) is 0 Å². The number of hydrogen-bond acceptors (Lipinski definition) is 3. The van der Waals surface area contributed by atoms with Crippen LogP contribution in [0.3, 0.4) is 0 Å². The van der Waals surface area contributed by atoms with Crippen LogP contribution in [0.4, 0.5) is 0 Å². The summed E-state index contributed by atoms with van der Waals surface area (Å²) in [6, 6.07) is 8.28. The Labute approximate surface area is 120 Å². The van der Waals surface area contributed by atoms with Crippen LogP contribution in [0.25, 0.3) is 10.9 Å². The Morgan fingerprint density at radius 2 is 1.72 bits per heavy atom. The maximum Gasteiger partial charge on any atom is 0.0792 e. The van der Waals surface area contributed by atoms with Crippen molar-refractivity contribution in [3.63, 3.8) is 0 Å². The van der Waals surface area contributed by atoms with Crippen molar-refractivity contribution in [3.8, 4) is 0 Å². The van der Waals surface area contributed by atoms with E-state index in [0.717, 1.165) is 5.52 Å². The second-order valence-electron chi connectivity index (χ2n) is 5.24. The summed E-state index contributed by atoms with van der Waals surface area (Å²) in [5, 5.41) is 1.21. The largest absolute Gasteiger partial charge is 0.361 e. The fraction of sp³-hybridized carbons (Fsp3) is 0.429. The van der Waals surface area contributed by atoms with Crippen LogP contribution >= 0.6 is 25.3 Å². The van der Waals surface area contributed by atoms with E-state index in [0.29, 0.717) is 0 Å². The Kier molecular flexibility index (Phi) is 3.47. The topological polar surface area (TPSA) is 19.0 Å². The summed E-state index contributed by atoms with van der Waals surface area (Å²) in [6.07, 6.45) is 2.04. The highest BCUT2D eigenvalue weighted by Gasteiger charge is 2.43. The zero-order chi connectivity index (χ0) is 13.6. The average Bonchev–Trinajstić information content (AvgIpc) is 2.72. The van der Waals surface area contributed by atoms with E-state index in [9.17, 15) is 0 Å². The quantitative estimate of drug-likeness (QED) is 0.580. The standard InChI is InChI=1S/C14H20N2S2/c1-13(17,14(2,18)16(3)4)11-9-15-12-8-6-5-7-10(11)12/h5-9,15,17-18H,1-4H3. The van der Waals surface area contributed by atoms with Crippen LogP contribution in [0.1, 0.15) is 19.4 Å². The number of nitrogens with one attached hydrogen (secondary N) is 1.